The molecule has 0 unspecified atom stereocenters. The standard InChI is InChI=1S/C24H21BrClN3O4/c1-15-11-18(25)6-9-20(15)28-23(30)24(31)29-27-13-17-5-10-21(22(12-17)32-2)33-14-16-3-7-19(26)8-4-16/h3-13H,14H2,1-2H3,(H,28,30)(H,29,31)/b27-13+. The van der Waals surface area contributed by atoms with E-state index in [0.29, 0.717) is 34.4 Å². The summed E-state index contributed by atoms with van der Waals surface area (Å²) in [6.07, 6.45) is 1.40. The van der Waals surface area contributed by atoms with Gasteiger partial charge in [-0.1, -0.05) is 39.7 Å². The van der Waals surface area contributed by atoms with Gasteiger partial charge in [-0.15, -0.1) is 0 Å². The van der Waals surface area contributed by atoms with Crippen molar-refractivity contribution in [2.24, 2.45) is 5.10 Å². The van der Waals surface area contributed by atoms with Crippen molar-refractivity contribution >= 4 is 51.2 Å². The van der Waals surface area contributed by atoms with Crippen molar-refractivity contribution in [2.45, 2.75) is 13.5 Å². The lowest BCUT2D eigenvalue weighted by molar-refractivity contribution is -0.136. The Balaban J connectivity index is 1.57. The van der Waals surface area contributed by atoms with Gasteiger partial charge in [0.25, 0.3) is 0 Å². The third-order valence-corrected chi connectivity index (χ3v) is 5.26. The highest BCUT2D eigenvalue weighted by molar-refractivity contribution is 9.10. The first kappa shape index (κ1) is 24.3. The Labute approximate surface area is 204 Å². The molecular weight excluding hydrogens is 510 g/mol. The third kappa shape index (κ3) is 7.06. The van der Waals surface area contributed by atoms with Crippen LogP contribution in [0.3, 0.4) is 0 Å². The molecule has 0 atom stereocenters. The summed E-state index contributed by atoms with van der Waals surface area (Å²) in [6.45, 7) is 2.18. The topological polar surface area (TPSA) is 89.0 Å². The first-order valence-corrected chi connectivity index (χ1v) is 11.0. The van der Waals surface area contributed by atoms with E-state index < -0.39 is 11.8 Å². The van der Waals surface area contributed by atoms with Crippen molar-refractivity contribution in [3.05, 3.63) is 86.8 Å². The summed E-state index contributed by atoms with van der Waals surface area (Å²) in [5.41, 5.74) is 5.19. The van der Waals surface area contributed by atoms with Crippen LogP contribution in [0, 0.1) is 6.92 Å². The highest BCUT2D eigenvalue weighted by Crippen LogP contribution is 2.28. The first-order valence-electron chi connectivity index (χ1n) is 9.81. The van der Waals surface area contributed by atoms with Crippen LogP contribution in [0.2, 0.25) is 5.02 Å². The zero-order chi connectivity index (χ0) is 23.8. The number of rotatable bonds is 7. The van der Waals surface area contributed by atoms with Gasteiger partial charge in [0.15, 0.2) is 11.5 Å². The fraction of sp³-hybridized carbons (Fsp3) is 0.125. The number of carbonyl (C=O) groups excluding carboxylic acids is 2. The van der Waals surface area contributed by atoms with Gasteiger partial charge in [-0.2, -0.15) is 5.10 Å². The van der Waals surface area contributed by atoms with Gasteiger partial charge in [0, 0.05) is 15.2 Å². The summed E-state index contributed by atoms with van der Waals surface area (Å²) < 4.78 is 12.1. The molecule has 3 rings (SSSR count). The number of hydrogen-bond acceptors (Lipinski definition) is 5. The van der Waals surface area contributed by atoms with Gasteiger partial charge in [-0.3, -0.25) is 9.59 Å². The zero-order valence-electron chi connectivity index (χ0n) is 17.9. The lowest BCUT2D eigenvalue weighted by atomic mass is 10.2. The summed E-state index contributed by atoms with van der Waals surface area (Å²) >= 11 is 9.25. The van der Waals surface area contributed by atoms with Crippen molar-refractivity contribution in [1.82, 2.24) is 5.43 Å². The Morgan fingerprint density at radius 3 is 2.48 bits per heavy atom. The summed E-state index contributed by atoms with van der Waals surface area (Å²) in [5.74, 6) is -0.648. The lowest BCUT2D eigenvalue weighted by Crippen LogP contribution is -2.32. The Morgan fingerprint density at radius 2 is 1.79 bits per heavy atom. The molecule has 0 bridgehead atoms. The van der Waals surface area contributed by atoms with Crippen LogP contribution in [-0.2, 0) is 16.2 Å². The minimum atomic E-state index is -0.886. The molecule has 0 radical (unpaired) electrons. The van der Waals surface area contributed by atoms with Gasteiger partial charge in [0.1, 0.15) is 6.61 Å². The monoisotopic (exact) mass is 529 g/mol. The van der Waals surface area contributed by atoms with E-state index in [0.717, 1.165) is 15.6 Å². The molecular formula is C24H21BrClN3O4. The van der Waals surface area contributed by atoms with E-state index in [4.69, 9.17) is 21.1 Å². The number of benzene rings is 3. The first-order chi connectivity index (χ1) is 15.9. The fourth-order valence-corrected chi connectivity index (χ4v) is 3.39. The summed E-state index contributed by atoms with van der Waals surface area (Å²) in [7, 11) is 1.53. The SMILES string of the molecule is COc1cc(/C=N/NC(=O)C(=O)Nc2ccc(Br)cc2C)ccc1OCc1ccc(Cl)cc1. The second kappa shape index (κ2) is 11.5. The van der Waals surface area contributed by atoms with Crippen LogP contribution in [-0.4, -0.2) is 25.1 Å². The highest BCUT2D eigenvalue weighted by atomic mass is 79.9. The second-order valence-corrected chi connectivity index (χ2v) is 8.29. The molecule has 0 aliphatic heterocycles. The molecule has 0 saturated heterocycles. The van der Waals surface area contributed by atoms with E-state index in [-0.39, 0.29) is 0 Å². The molecule has 9 heteroatoms. The Hall–Kier alpha value is -3.36. The minimum absolute atomic E-state index is 0.351. The molecule has 0 aromatic heterocycles. The number of hydrazone groups is 1. The van der Waals surface area contributed by atoms with Crippen LogP contribution in [0.5, 0.6) is 11.5 Å². The van der Waals surface area contributed by atoms with Crippen LogP contribution in [0.1, 0.15) is 16.7 Å². The Kier molecular flexibility index (Phi) is 8.46. The molecule has 33 heavy (non-hydrogen) atoms. The van der Waals surface area contributed by atoms with E-state index in [1.807, 2.05) is 25.1 Å². The number of methoxy groups -OCH3 is 1. The molecule has 2 amide bonds. The Morgan fingerprint density at radius 1 is 1.03 bits per heavy atom. The van der Waals surface area contributed by atoms with Crippen LogP contribution in [0.25, 0.3) is 0 Å². The number of carbonyl (C=O) groups is 2. The summed E-state index contributed by atoms with van der Waals surface area (Å²) in [4.78, 5) is 24.1. The van der Waals surface area contributed by atoms with E-state index in [2.05, 4.69) is 31.8 Å². The molecule has 0 saturated carbocycles. The van der Waals surface area contributed by atoms with Crippen LogP contribution >= 0.6 is 27.5 Å². The molecule has 3 aromatic carbocycles. The van der Waals surface area contributed by atoms with Crippen molar-refractivity contribution in [1.29, 1.82) is 0 Å². The molecule has 0 aliphatic carbocycles. The molecule has 7 nitrogen and oxygen atoms in total. The average Bonchev–Trinajstić information content (AvgIpc) is 2.80. The number of aryl methyl sites for hydroxylation is 1. The zero-order valence-corrected chi connectivity index (χ0v) is 20.2. The largest absolute Gasteiger partial charge is 0.493 e. The quantitative estimate of drug-likeness (QED) is 0.253. The predicted molar refractivity (Wildman–Crippen MR) is 132 cm³/mol. The van der Waals surface area contributed by atoms with Gasteiger partial charge in [0.2, 0.25) is 0 Å². The van der Waals surface area contributed by atoms with E-state index in [1.54, 1.807) is 42.5 Å². The predicted octanol–water partition coefficient (Wildman–Crippen LogP) is 5.09. The highest BCUT2D eigenvalue weighted by Gasteiger charge is 2.14. The second-order valence-electron chi connectivity index (χ2n) is 6.94. The van der Waals surface area contributed by atoms with Crippen LogP contribution < -0.4 is 20.2 Å². The maximum absolute atomic E-state index is 12.1. The molecule has 0 spiro atoms. The number of ether oxygens (including phenoxy) is 2. The van der Waals surface area contributed by atoms with E-state index in [1.165, 1.54) is 13.3 Å². The maximum Gasteiger partial charge on any atom is 0.329 e. The van der Waals surface area contributed by atoms with Gasteiger partial charge >= 0.3 is 11.8 Å². The number of anilines is 1. The number of hydrogen-bond donors (Lipinski definition) is 2. The van der Waals surface area contributed by atoms with Crippen LogP contribution in [0.4, 0.5) is 5.69 Å². The van der Waals surface area contributed by atoms with Crippen molar-refractivity contribution < 1.29 is 19.1 Å². The van der Waals surface area contributed by atoms with E-state index >= 15 is 0 Å². The molecule has 2 N–H and O–H groups in total. The number of halogens is 2. The van der Waals surface area contributed by atoms with E-state index in [9.17, 15) is 9.59 Å². The number of amides is 2. The van der Waals surface area contributed by atoms with Crippen LogP contribution in [0.15, 0.2) is 70.2 Å². The van der Waals surface area contributed by atoms with Gasteiger partial charge in [0.05, 0.1) is 13.3 Å². The lowest BCUT2D eigenvalue weighted by Gasteiger charge is -2.11. The summed E-state index contributed by atoms with van der Waals surface area (Å²) in [5, 5.41) is 7.06. The molecule has 0 fully saturated rings. The molecule has 0 heterocycles. The van der Waals surface area contributed by atoms with Crippen molar-refractivity contribution in [3.8, 4) is 11.5 Å². The fourth-order valence-electron chi connectivity index (χ4n) is 2.79. The van der Waals surface area contributed by atoms with Crippen molar-refractivity contribution in [2.75, 3.05) is 12.4 Å². The summed E-state index contributed by atoms with van der Waals surface area (Å²) in [6, 6.07) is 17.9. The maximum atomic E-state index is 12.1. The van der Waals surface area contributed by atoms with Gasteiger partial charge in [-0.25, -0.2) is 5.43 Å². The Bertz CT molecular complexity index is 1180. The van der Waals surface area contributed by atoms with Gasteiger partial charge in [-0.05, 0) is 72.1 Å². The normalized spacial score (nSPS) is 10.7. The number of nitrogens with one attached hydrogen (secondary N) is 2. The average molecular weight is 531 g/mol. The smallest absolute Gasteiger partial charge is 0.329 e. The molecule has 0 aliphatic rings. The van der Waals surface area contributed by atoms with Gasteiger partial charge < -0.3 is 14.8 Å². The number of nitrogens with zero attached hydrogens (tertiary/aromatic N) is 1. The van der Waals surface area contributed by atoms with Crippen molar-refractivity contribution in [3.63, 3.8) is 0 Å². The molecule has 3 aromatic rings. The molecule has 170 valence electrons. The third-order valence-electron chi connectivity index (χ3n) is 4.52. The minimum Gasteiger partial charge on any atom is -0.493 e.